The van der Waals surface area contributed by atoms with E-state index in [0.29, 0.717) is 29.8 Å². The lowest BCUT2D eigenvalue weighted by atomic mass is 10.2. The molecule has 0 saturated carbocycles. The van der Waals surface area contributed by atoms with Crippen molar-refractivity contribution in [2.24, 2.45) is 5.10 Å². The van der Waals surface area contributed by atoms with Crippen LogP contribution in [0, 0.1) is 3.57 Å². The molecule has 1 heterocycles. The number of nitrogens with zero attached hydrogens (tertiary/aromatic N) is 3. The molecule has 0 fully saturated rings. The Morgan fingerprint density at radius 3 is 2.55 bits per heavy atom. The topological polar surface area (TPSA) is 56.5 Å². The normalized spacial score (nSPS) is 11.4. The molecule has 4 rings (SSSR count). The van der Waals surface area contributed by atoms with Crippen molar-refractivity contribution in [1.82, 2.24) is 9.66 Å². The van der Waals surface area contributed by atoms with E-state index in [1.807, 2.05) is 55.5 Å². The molecule has 1 aromatic heterocycles. The molecular weight excluding hydrogens is 729 g/mol. The summed E-state index contributed by atoms with van der Waals surface area (Å²) in [7, 11) is 0. The minimum Gasteiger partial charge on any atom is -0.488 e. The number of aromatic nitrogens is 2. The standard InChI is InChI=1S/C24H17Br3IN3O2/c1-2-23-30-21-7-6-16(25)10-18(21)24(32)31(23)29-12-14-3-8-22(20(28)9-14)33-13-15-4-5-17(26)11-19(15)27/h3-12H,2,13H2,1H3. The van der Waals surface area contributed by atoms with E-state index in [0.717, 1.165) is 33.9 Å². The van der Waals surface area contributed by atoms with Gasteiger partial charge in [-0.2, -0.15) is 9.78 Å². The summed E-state index contributed by atoms with van der Waals surface area (Å²) >= 11 is 12.7. The maximum Gasteiger partial charge on any atom is 0.282 e. The highest BCUT2D eigenvalue weighted by atomic mass is 127. The van der Waals surface area contributed by atoms with Crippen LogP contribution in [0.1, 0.15) is 23.9 Å². The van der Waals surface area contributed by atoms with Crippen LogP contribution in [-0.4, -0.2) is 15.9 Å². The van der Waals surface area contributed by atoms with Crippen LogP contribution in [0.5, 0.6) is 5.75 Å². The van der Waals surface area contributed by atoms with Crippen LogP contribution in [0.2, 0.25) is 0 Å². The summed E-state index contributed by atoms with van der Waals surface area (Å²) in [6, 6.07) is 17.3. The maximum absolute atomic E-state index is 13.0. The molecule has 3 aromatic carbocycles. The fourth-order valence-electron chi connectivity index (χ4n) is 3.18. The number of aryl methyl sites for hydroxylation is 1. The third-order valence-corrected chi connectivity index (χ3v) is 7.44. The molecule has 0 saturated heterocycles. The predicted molar refractivity (Wildman–Crippen MR) is 151 cm³/mol. The van der Waals surface area contributed by atoms with Gasteiger partial charge in [0.15, 0.2) is 0 Å². The summed E-state index contributed by atoms with van der Waals surface area (Å²) in [5.41, 5.74) is 2.39. The van der Waals surface area contributed by atoms with Crippen molar-refractivity contribution in [2.75, 3.05) is 0 Å². The second kappa shape index (κ2) is 10.8. The van der Waals surface area contributed by atoms with Crippen molar-refractivity contribution in [3.63, 3.8) is 0 Å². The Labute approximate surface area is 229 Å². The van der Waals surface area contributed by atoms with Gasteiger partial charge in [0.1, 0.15) is 18.2 Å². The third kappa shape index (κ3) is 5.75. The first-order valence-corrected chi connectivity index (χ1v) is 13.4. The van der Waals surface area contributed by atoms with Crippen LogP contribution in [-0.2, 0) is 13.0 Å². The molecule has 0 atom stereocenters. The van der Waals surface area contributed by atoms with Gasteiger partial charge in [0.25, 0.3) is 5.56 Å². The minimum absolute atomic E-state index is 0.191. The summed E-state index contributed by atoms with van der Waals surface area (Å²) in [5, 5.41) is 4.98. The lowest BCUT2D eigenvalue weighted by molar-refractivity contribution is 0.303. The first-order valence-electron chi connectivity index (χ1n) is 9.97. The molecular formula is C24H17Br3IN3O2. The second-order valence-corrected chi connectivity index (χ2v) is 11.0. The van der Waals surface area contributed by atoms with E-state index in [1.165, 1.54) is 4.68 Å². The Kier molecular flexibility index (Phi) is 8.03. The third-order valence-electron chi connectivity index (χ3n) is 4.87. The van der Waals surface area contributed by atoms with Crippen LogP contribution >= 0.6 is 70.4 Å². The molecule has 0 bridgehead atoms. The molecule has 0 radical (unpaired) electrons. The molecule has 168 valence electrons. The molecule has 0 N–H and O–H groups in total. The van der Waals surface area contributed by atoms with Gasteiger partial charge in [0.2, 0.25) is 0 Å². The Hall–Kier alpha value is -1.56. The van der Waals surface area contributed by atoms with E-state index in [-0.39, 0.29) is 5.56 Å². The first kappa shape index (κ1) is 24.6. The van der Waals surface area contributed by atoms with E-state index in [1.54, 1.807) is 12.3 Å². The van der Waals surface area contributed by atoms with Crippen molar-refractivity contribution in [3.8, 4) is 5.75 Å². The number of hydrogen-bond donors (Lipinski definition) is 0. The zero-order valence-electron chi connectivity index (χ0n) is 17.4. The Morgan fingerprint density at radius 2 is 1.82 bits per heavy atom. The van der Waals surface area contributed by atoms with E-state index in [2.05, 4.69) is 80.5 Å². The fraction of sp³-hybridized carbons (Fsp3) is 0.125. The molecule has 0 amide bonds. The molecule has 9 heteroatoms. The number of halogens is 4. The van der Waals surface area contributed by atoms with Crippen molar-refractivity contribution in [1.29, 1.82) is 0 Å². The van der Waals surface area contributed by atoms with Gasteiger partial charge in [-0.3, -0.25) is 4.79 Å². The number of ether oxygens (including phenoxy) is 1. The van der Waals surface area contributed by atoms with E-state index in [9.17, 15) is 4.79 Å². The van der Waals surface area contributed by atoms with Crippen molar-refractivity contribution < 1.29 is 4.74 Å². The molecule has 0 aliphatic rings. The zero-order valence-corrected chi connectivity index (χ0v) is 24.3. The van der Waals surface area contributed by atoms with Crippen molar-refractivity contribution >= 4 is 87.5 Å². The average Bonchev–Trinajstić information content (AvgIpc) is 2.79. The van der Waals surface area contributed by atoms with Gasteiger partial charge in [-0.05, 0) is 76.7 Å². The fourth-order valence-corrected chi connectivity index (χ4v) is 5.39. The van der Waals surface area contributed by atoms with Gasteiger partial charge < -0.3 is 4.74 Å². The summed E-state index contributed by atoms with van der Waals surface area (Å²) in [4.78, 5) is 17.6. The first-order chi connectivity index (χ1) is 15.9. The molecule has 0 unspecified atom stereocenters. The molecule has 0 spiro atoms. The highest BCUT2D eigenvalue weighted by Gasteiger charge is 2.10. The molecule has 0 aliphatic heterocycles. The van der Waals surface area contributed by atoms with Crippen molar-refractivity contribution in [2.45, 2.75) is 20.0 Å². The van der Waals surface area contributed by atoms with Gasteiger partial charge in [-0.1, -0.05) is 60.8 Å². The van der Waals surface area contributed by atoms with Gasteiger partial charge in [0.05, 0.1) is 20.7 Å². The SMILES string of the molecule is CCc1nc2ccc(Br)cc2c(=O)n1N=Cc1ccc(OCc2ccc(Br)cc2Br)c(I)c1. The highest BCUT2D eigenvalue weighted by molar-refractivity contribution is 14.1. The lowest BCUT2D eigenvalue weighted by Gasteiger charge is -2.11. The summed E-state index contributed by atoms with van der Waals surface area (Å²) in [6.45, 7) is 2.40. The maximum atomic E-state index is 13.0. The smallest absolute Gasteiger partial charge is 0.282 e. The van der Waals surface area contributed by atoms with Gasteiger partial charge >= 0.3 is 0 Å². The molecule has 4 aromatic rings. The quantitative estimate of drug-likeness (QED) is 0.154. The average molecular weight is 746 g/mol. The van der Waals surface area contributed by atoms with Gasteiger partial charge in [-0.15, -0.1) is 0 Å². The summed E-state index contributed by atoms with van der Waals surface area (Å²) < 4.78 is 11.2. The number of rotatable bonds is 6. The van der Waals surface area contributed by atoms with Crippen LogP contribution in [0.25, 0.3) is 10.9 Å². The number of hydrogen-bond acceptors (Lipinski definition) is 4. The number of benzene rings is 3. The second-order valence-electron chi connectivity index (χ2n) is 7.12. The Bertz CT molecular complexity index is 1440. The molecule has 33 heavy (non-hydrogen) atoms. The van der Waals surface area contributed by atoms with Crippen LogP contribution in [0.3, 0.4) is 0 Å². The minimum atomic E-state index is -0.191. The molecule has 0 aliphatic carbocycles. The lowest BCUT2D eigenvalue weighted by Crippen LogP contribution is -2.22. The van der Waals surface area contributed by atoms with Crippen LogP contribution in [0.4, 0.5) is 0 Å². The predicted octanol–water partition coefficient (Wildman–Crippen LogP) is 7.31. The van der Waals surface area contributed by atoms with Gasteiger partial charge in [0, 0.05) is 25.4 Å². The monoisotopic (exact) mass is 743 g/mol. The Morgan fingerprint density at radius 1 is 1.06 bits per heavy atom. The Balaban J connectivity index is 1.58. The van der Waals surface area contributed by atoms with E-state index >= 15 is 0 Å². The highest BCUT2D eigenvalue weighted by Crippen LogP contribution is 2.26. The van der Waals surface area contributed by atoms with E-state index < -0.39 is 0 Å². The van der Waals surface area contributed by atoms with Crippen LogP contribution in [0.15, 0.2) is 77.9 Å². The largest absolute Gasteiger partial charge is 0.488 e. The van der Waals surface area contributed by atoms with Gasteiger partial charge in [-0.25, -0.2) is 4.98 Å². The van der Waals surface area contributed by atoms with E-state index in [4.69, 9.17) is 4.74 Å². The zero-order chi connectivity index (χ0) is 23.5. The van der Waals surface area contributed by atoms with Crippen LogP contribution < -0.4 is 10.3 Å². The van der Waals surface area contributed by atoms with Crippen molar-refractivity contribution in [3.05, 3.63) is 98.9 Å². The number of fused-ring (bicyclic) bond motifs is 1. The summed E-state index contributed by atoms with van der Waals surface area (Å²) in [6.07, 6.45) is 2.26. The molecule has 5 nitrogen and oxygen atoms in total. The summed E-state index contributed by atoms with van der Waals surface area (Å²) in [5.74, 6) is 1.40.